The van der Waals surface area contributed by atoms with Gasteiger partial charge < -0.3 is 18.6 Å². The van der Waals surface area contributed by atoms with Crippen LogP contribution >= 0.6 is 0 Å². The van der Waals surface area contributed by atoms with E-state index >= 15 is 0 Å². The van der Waals surface area contributed by atoms with Gasteiger partial charge in [0, 0.05) is 19.1 Å². The van der Waals surface area contributed by atoms with E-state index in [-0.39, 0.29) is 6.10 Å². The first kappa shape index (κ1) is 20.6. The summed E-state index contributed by atoms with van der Waals surface area (Å²) in [6.45, 7) is 0.948. The highest BCUT2D eigenvalue weighted by molar-refractivity contribution is 5.97. The van der Waals surface area contributed by atoms with Gasteiger partial charge in [0.05, 0.1) is 36.1 Å². The minimum atomic E-state index is 0.00165. The molecule has 2 aromatic heterocycles. The molecule has 4 aromatic rings. The molecule has 170 valence electrons. The van der Waals surface area contributed by atoms with E-state index in [1.165, 1.54) is 5.56 Å². The number of hydrogen-bond donors (Lipinski definition) is 0. The van der Waals surface area contributed by atoms with Gasteiger partial charge in [-0.05, 0) is 30.2 Å². The fourth-order valence-electron chi connectivity index (χ4n) is 4.60. The molecule has 7 nitrogen and oxygen atoms in total. The molecule has 0 saturated carbocycles. The second-order valence-electron chi connectivity index (χ2n) is 8.48. The van der Waals surface area contributed by atoms with E-state index in [1.54, 1.807) is 7.11 Å². The van der Waals surface area contributed by atoms with Gasteiger partial charge in [-0.1, -0.05) is 54.6 Å². The van der Waals surface area contributed by atoms with Crippen molar-refractivity contribution in [2.45, 2.75) is 32.1 Å². The minimum Gasteiger partial charge on any atom is -0.486 e. The lowest BCUT2D eigenvalue weighted by Crippen LogP contribution is -2.14. The zero-order valence-corrected chi connectivity index (χ0v) is 19.0. The van der Waals surface area contributed by atoms with Gasteiger partial charge in [0.25, 0.3) is 0 Å². The van der Waals surface area contributed by atoms with Gasteiger partial charge in [-0.2, -0.15) is 0 Å². The maximum Gasteiger partial charge on any atom is 0.171 e. The van der Waals surface area contributed by atoms with Gasteiger partial charge in [0.15, 0.2) is 11.6 Å². The molecule has 0 saturated heterocycles. The molecule has 0 spiro atoms. The molecule has 0 bridgehead atoms. The maximum atomic E-state index is 6.03. The highest BCUT2D eigenvalue weighted by atomic mass is 16.5. The number of fused-ring (bicyclic) bond motifs is 5. The van der Waals surface area contributed by atoms with Crippen LogP contribution < -0.4 is 4.74 Å². The Hall–Kier alpha value is -3.97. The molecule has 0 amide bonds. The minimum absolute atomic E-state index is 0.00165. The van der Waals surface area contributed by atoms with E-state index < -0.39 is 0 Å². The van der Waals surface area contributed by atoms with Crippen molar-refractivity contribution in [3.63, 3.8) is 0 Å². The van der Waals surface area contributed by atoms with Crippen molar-refractivity contribution in [1.82, 2.24) is 24.3 Å². The number of nitrogens with zero attached hydrogens (tertiary/aromatic N) is 5. The smallest absolute Gasteiger partial charge is 0.171 e. The Morgan fingerprint density at radius 2 is 1.79 bits per heavy atom. The third-order valence-electron chi connectivity index (χ3n) is 6.39. The summed E-state index contributed by atoms with van der Waals surface area (Å²) in [5, 5.41) is 9.11. The molecule has 1 aliphatic heterocycles. The Labute approximate surface area is 198 Å². The van der Waals surface area contributed by atoms with Crippen LogP contribution in [-0.4, -0.2) is 37.5 Å². The molecule has 1 atom stereocenters. The fraction of sp³-hybridized carbons (Fsp3) is 0.222. The molecule has 0 radical (unpaired) electrons. The van der Waals surface area contributed by atoms with Crippen molar-refractivity contribution in [2.24, 2.45) is 0 Å². The van der Waals surface area contributed by atoms with Crippen molar-refractivity contribution in [3.8, 4) is 5.75 Å². The van der Waals surface area contributed by atoms with Gasteiger partial charge in [-0.25, -0.2) is 4.98 Å². The van der Waals surface area contributed by atoms with Crippen LogP contribution in [0.5, 0.6) is 5.75 Å². The van der Waals surface area contributed by atoms with E-state index in [9.17, 15) is 0 Å². The lowest BCUT2D eigenvalue weighted by atomic mass is 10.0. The summed E-state index contributed by atoms with van der Waals surface area (Å²) in [6.07, 6.45) is 7.86. The van der Waals surface area contributed by atoms with Gasteiger partial charge in [-0.15, -0.1) is 10.2 Å². The zero-order chi connectivity index (χ0) is 22.9. The van der Waals surface area contributed by atoms with E-state index in [4.69, 9.17) is 14.5 Å². The first-order chi connectivity index (χ1) is 16.8. The Bertz CT molecular complexity index is 1370. The number of para-hydroxylation sites is 1. The molecule has 7 heteroatoms. The number of hydrogen-bond acceptors (Lipinski definition) is 5. The maximum absolute atomic E-state index is 6.03. The molecule has 1 unspecified atom stereocenters. The number of imidazole rings is 1. The molecule has 6 rings (SSSR count). The quantitative estimate of drug-likeness (QED) is 0.436. The van der Waals surface area contributed by atoms with Gasteiger partial charge in [-0.3, -0.25) is 0 Å². The van der Waals surface area contributed by atoms with Crippen LogP contribution in [0.15, 0.2) is 79.1 Å². The summed E-state index contributed by atoms with van der Waals surface area (Å²) in [5.74, 6) is 2.41. The number of methoxy groups -OCH3 is 1. The second-order valence-corrected chi connectivity index (χ2v) is 8.48. The first-order valence-electron chi connectivity index (χ1n) is 11.4. The van der Waals surface area contributed by atoms with E-state index in [1.807, 2.05) is 42.7 Å². The Morgan fingerprint density at radius 1 is 1.00 bits per heavy atom. The summed E-state index contributed by atoms with van der Waals surface area (Å²) in [6, 6.07) is 20.2. The van der Waals surface area contributed by atoms with Crippen molar-refractivity contribution < 1.29 is 9.47 Å². The van der Waals surface area contributed by atoms with Crippen LogP contribution in [0.1, 0.15) is 35.0 Å². The lowest BCUT2D eigenvalue weighted by molar-refractivity contribution is 0.143. The van der Waals surface area contributed by atoms with E-state index in [2.05, 4.69) is 55.7 Å². The summed E-state index contributed by atoms with van der Waals surface area (Å²) in [5.41, 5.74) is 5.52. The molecule has 34 heavy (non-hydrogen) atoms. The average Bonchev–Trinajstić information content (AvgIpc) is 3.44. The predicted molar refractivity (Wildman–Crippen MR) is 129 cm³/mol. The summed E-state index contributed by atoms with van der Waals surface area (Å²) >= 11 is 0. The van der Waals surface area contributed by atoms with Crippen LogP contribution in [0, 0.1) is 0 Å². The van der Waals surface area contributed by atoms with Crippen molar-refractivity contribution >= 4 is 11.3 Å². The normalized spacial score (nSPS) is 16.6. The van der Waals surface area contributed by atoms with Gasteiger partial charge >= 0.3 is 0 Å². The van der Waals surface area contributed by atoms with Crippen LogP contribution in [0.2, 0.25) is 0 Å². The SMILES string of the molecule is COC1C=C2C(=CC1)n1cnc(Cc3ccccc3)c1Cn1c(COc3ccccc3)nnc12. The molecule has 2 aromatic carbocycles. The van der Waals surface area contributed by atoms with Crippen LogP contribution in [0.3, 0.4) is 0 Å². The average molecular weight is 452 g/mol. The molecular formula is C27H25N5O2. The number of allylic oxidation sites excluding steroid dienone is 2. The number of benzene rings is 2. The second kappa shape index (κ2) is 8.76. The Morgan fingerprint density at radius 3 is 2.59 bits per heavy atom. The number of rotatable bonds is 6. The number of aromatic nitrogens is 5. The number of ether oxygens (including phenoxy) is 2. The molecule has 0 fully saturated rings. The molecule has 3 heterocycles. The summed E-state index contributed by atoms with van der Waals surface area (Å²) in [7, 11) is 1.74. The van der Waals surface area contributed by atoms with Gasteiger partial charge in [0.1, 0.15) is 12.4 Å². The van der Waals surface area contributed by atoms with Crippen molar-refractivity contribution in [3.05, 3.63) is 108 Å². The zero-order valence-electron chi connectivity index (χ0n) is 19.0. The summed E-state index contributed by atoms with van der Waals surface area (Å²) in [4.78, 5) is 4.82. The Kier molecular flexibility index (Phi) is 5.31. The molecular weight excluding hydrogens is 426 g/mol. The largest absolute Gasteiger partial charge is 0.486 e. The van der Waals surface area contributed by atoms with Gasteiger partial charge in [0.2, 0.25) is 0 Å². The fourth-order valence-corrected chi connectivity index (χ4v) is 4.60. The highest BCUT2D eigenvalue weighted by Gasteiger charge is 2.30. The highest BCUT2D eigenvalue weighted by Crippen LogP contribution is 2.37. The molecule has 1 aliphatic carbocycles. The monoisotopic (exact) mass is 451 g/mol. The van der Waals surface area contributed by atoms with Crippen LogP contribution in [-0.2, 0) is 24.3 Å². The third kappa shape index (κ3) is 3.74. The lowest BCUT2D eigenvalue weighted by Gasteiger charge is -2.20. The van der Waals surface area contributed by atoms with Crippen LogP contribution in [0.25, 0.3) is 11.3 Å². The first-order valence-corrected chi connectivity index (χ1v) is 11.4. The predicted octanol–water partition coefficient (Wildman–Crippen LogP) is 4.35. The molecule has 2 aliphatic rings. The third-order valence-corrected chi connectivity index (χ3v) is 6.39. The Balaban J connectivity index is 1.42. The molecule has 0 N–H and O–H groups in total. The van der Waals surface area contributed by atoms with E-state index in [0.29, 0.717) is 13.2 Å². The topological polar surface area (TPSA) is 67.0 Å². The van der Waals surface area contributed by atoms with E-state index in [0.717, 1.165) is 52.9 Å². The van der Waals surface area contributed by atoms with Crippen LogP contribution in [0.4, 0.5) is 0 Å². The van der Waals surface area contributed by atoms with Crippen molar-refractivity contribution in [1.29, 1.82) is 0 Å². The van der Waals surface area contributed by atoms with Crippen molar-refractivity contribution in [2.75, 3.05) is 7.11 Å². The standard InChI is InChI=1S/C27H25N5O2/c1-33-21-12-13-24-22(15-21)27-30-29-26(17-34-20-10-6-3-7-11-20)31(27)16-25-23(28-18-32(24)25)14-19-8-4-2-5-9-19/h2-11,13,15,18,21H,12,14,16-17H2,1H3. The summed E-state index contributed by atoms with van der Waals surface area (Å²) < 4.78 is 16.0.